The highest BCUT2D eigenvalue weighted by molar-refractivity contribution is 6.30. The maximum Gasteiger partial charge on any atom is 0.234 e. The summed E-state index contributed by atoms with van der Waals surface area (Å²) >= 11 is 5.89. The monoisotopic (exact) mass is 339 g/mol. The van der Waals surface area contributed by atoms with Crippen molar-refractivity contribution in [3.8, 4) is 0 Å². The molecule has 6 heteroatoms. The molecule has 1 N–H and O–H groups in total. The number of ether oxygens (including phenoxy) is 1. The molecule has 1 fully saturated rings. The van der Waals surface area contributed by atoms with Crippen LogP contribution in [0.1, 0.15) is 18.5 Å². The van der Waals surface area contributed by atoms with Gasteiger partial charge in [-0.3, -0.25) is 9.69 Å². The van der Waals surface area contributed by atoms with E-state index < -0.39 is 0 Å². The van der Waals surface area contributed by atoms with Crippen LogP contribution in [0.4, 0.5) is 0 Å². The van der Waals surface area contributed by atoms with Gasteiger partial charge in [0.05, 0.1) is 25.3 Å². The van der Waals surface area contributed by atoms with Crippen LogP contribution < -0.4 is 5.32 Å². The van der Waals surface area contributed by atoms with E-state index in [4.69, 9.17) is 16.3 Å². The van der Waals surface area contributed by atoms with Crippen LogP contribution >= 0.6 is 11.6 Å². The van der Waals surface area contributed by atoms with Gasteiger partial charge in [-0.05, 0) is 38.7 Å². The van der Waals surface area contributed by atoms with Crippen LogP contribution in [0.2, 0.25) is 5.02 Å². The lowest BCUT2D eigenvalue weighted by atomic mass is 10.1. The number of benzene rings is 1. The molecular formula is C17H26ClN3O2. The second-order valence-electron chi connectivity index (χ2n) is 6.33. The summed E-state index contributed by atoms with van der Waals surface area (Å²) in [6.07, 6.45) is 0.167. The molecule has 0 bridgehead atoms. The van der Waals surface area contributed by atoms with Gasteiger partial charge >= 0.3 is 0 Å². The Kier molecular flexibility index (Phi) is 6.84. The minimum atomic E-state index is -0.0293. The standard InChI is InChI=1S/C17H26ClN3O2/c1-13(14-4-6-15(18)7-5-14)19-17(22)12-21-8-9-23-16(11-21)10-20(2)3/h4-7,13,16H,8-12H2,1-3H3,(H,19,22)/t13-,16-/m1/s1. The smallest absolute Gasteiger partial charge is 0.234 e. The first kappa shape index (κ1) is 18.2. The highest BCUT2D eigenvalue weighted by Crippen LogP contribution is 2.16. The molecule has 128 valence electrons. The molecule has 1 aromatic carbocycles. The molecule has 1 aliphatic heterocycles. The molecule has 0 aliphatic carbocycles. The zero-order valence-electron chi connectivity index (χ0n) is 14.1. The van der Waals surface area contributed by atoms with Gasteiger partial charge < -0.3 is 15.0 Å². The van der Waals surface area contributed by atoms with Crippen LogP contribution in [0.3, 0.4) is 0 Å². The van der Waals surface area contributed by atoms with Gasteiger partial charge in [-0.15, -0.1) is 0 Å². The minimum absolute atomic E-state index is 0.0293. The zero-order chi connectivity index (χ0) is 16.8. The highest BCUT2D eigenvalue weighted by atomic mass is 35.5. The molecule has 2 atom stereocenters. The maximum atomic E-state index is 12.3. The number of nitrogens with one attached hydrogen (secondary N) is 1. The van der Waals surface area contributed by atoms with Gasteiger partial charge in [-0.1, -0.05) is 23.7 Å². The molecule has 2 rings (SSSR count). The van der Waals surface area contributed by atoms with Gasteiger partial charge in [0.2, 0.25) is 5.91 Å². The Hall–Kier alpha value is -1.14. The minimum Gasteiger partial charge on any atom is -0.374 e. The van der Waals surface area contributed by atoms with Crippen LogP contribution in [0.5, 0.6) is 0 Å². The Bertz CT molecular complexity index is 507. The SMILES string of the molecule is C[C@@H](NC(=O)CN1CCO[C@H](CN(C)C)C1)c1ccc(Cl)cc1. The largest absolute Gasteiger partial charge is 0.374 e. The lowest BCUT2D eigenvalue weighted by Gasteiger charge is -2.33. The summed E-state index contributed by atoms with van der Waals surface area (Å²) in [6, 6.07) is 7.53. The number of rotatable bonds is 6. The third kappa shape index (κ3) is 6.11. The van der Waals surface area contributed by atoms with E-state index in [1.54, 1.807) is 0 Å². The van der Waals surface area contributed by atoms with Gasteiger partial charge in [0.1, 0.15) is 0 Å². The Morgan fingerprint density at radius 3 is 2.78 bits per heavy atom. The normalized spacial score (nSPS) is 20.5. The van der Waals surface area contributed by atoms with E-state index in [-0.39, 0.29) is 18.1 Å². The van der Waals surface area contributed by atoms with E-state index in [2.05, 4.69) is 15.1 Å². The van der Waals surface area contributed by atoms with E-state index in [1.165, 1.54) is 0 Å². The van der Waals surface area contributed by atoms with Crippen LogP contribution in [0.15, 0.2) is 24.3 Å². The quantitative estimate of drug-likeness (QED) is 0.858. The molecule has 0 spiro atoms. The van der Waals surface area contributed by atoms with Crippen molar-refractivity contribution in [2.24, 2.45) is 0 Å². The molecule has 1 amide bonds. The lowest BCUT2D eigenvalue weighted by Crippen LogP contribution is -2.49. The summed E-state index contributed by atoms with van der Waals surface area (Å²) in [5.74, 6) is 0.0398. The third-order valence-corrected chi connectivity index (χ3v) is 4.16. The van der Waals surface area contributed by atoms with E-state index >= 15 is 0 Å². The Balaban J connectivity index is 1.80. The first-order chi connectivity index (χ1) is 10.9. The molecule has 0 aromatic heterocycles. The molecule has 0 saturated carbocycles. The molecule has 0 unspecified atom stereocenters. The third-order valence-electron chi connectivity index (χ3n) is 3.91. The Labute approximate surface area is 143 Å². The van der Waals surface area contributed by atoms with Crippen LogP contribution in [-0.2, 0) is 9.53 Å². The first-order valence-electron chi connectivity index (χ1n) is 7.97. The number of amides is 1. The molecule has 1 aromatic rings. The molecule has 23 heavy (non-hydrogen) atoms. The van der Waals surface area contributed by atoms with Gasteiger partial charge in [0.25, 0.3) is 0 Å². The van der Waals surface area contributed by atoms with Crippen molar-refractivity contribution in [2.45, 2.75) is 19.1 Å². The molecule has 1 heterocycles. The number of carbonyl (C=O) groups excluding carboxylic acids is 1. The number of carbonyl (C=O) groups is 1. The second kappa shape index (κ2) is 8.64. The fourth-order valence-electron chi connectivity index (χ4n) is 2.77. The topological polar surface area (TPSA) is 44.8 Å². The summed E-state index contributed by atoms with van der Waals surface area (Å²) in [6.45, 7) is 5.53. The molecule has 1 aliphatic rings. The zero-order valence-corrected chi connectivity index (χ0v) is 14.8. The molecular weight excluding hydrogens is 314 g/mol. The fourth-order valence-corrected chi connectivity index (χ4v) is 2.89. The maximum absolute atomic E-state index is 12.3. The first-order valence-corrected chi connectivity index (χ1v) is 8.35. The predicted molar refractivity (Wildman–Crippen MR) is 92.7 cm³/mol. The van der Waals surface area contributed by atoms with E-state index in [1.807, 2.05) is 45.3 Å². The van der Waals surface area contributed by atoms with Gasteiger partial charge in [-0.2, -0.15) is 0 Å². The number of hydrogen-bond acceptors (Lipinski definition) is 4. The number of halogens is 1. The Morgan fingerprint density at radius 2 is 2.13 bits per heavy atom. The summed E-state index contributed by atoms with van der Waals surface area (Å²) in [4.78, 5) is 16.5. The van der Waals surface area contributed by atoms with Crippen LogP contribution in [0.25, 0.3) is 0 Å². The van der Waals surface area contributed by atoms with Crippen molar-refractivity contribution in [1.29, 1.82) is 0 Å². The lowest BCUT2D eigenvalue weighted by molar-refractivity contribution is -0.125. The van der Waals surface area contributed by atoms with Crippen LogP contribution in [0, 0.1) is 0 Å². The predicted octanol–water partition coefficient (Wildman–Crippen LogP) is 1.78. The van der Waals surface area contributed by atoms with E-state index in [0.717, 1.165) is 25.2 Å². The number of likely N-dealkylation sites (N-methyl/N-ethyl adjacent to an activating group) is 1. The fraction of sp³-hybridized carbons (Fsp3) is 0.588. The molecule has 1 saturated heterocycles. The average Bonchev–Trinajstić information content (AvgIpc) is 2.47. The Morgan fingerprint density at radius 1 is 1.43 bits per heavy atom. The number of morpholine rings is 1. The molecule has 5 nitrogen and oxygen atoms in total. The average molecular weight is 340 g/mol. The summed E-state index contributed by atoms with van der Waals surface area (Å²) < 4.78 is 5.73. The van der Waals surface area contributed by atoms with Crippen molar-refractivity contribution in [3.05, 3.63) is 34.9 Å². The van der Waals surface area contributed by atoms with Crippen molar-refractivity contribution in [1.82, 2.24) is 15.1 Å². The van der Waals surface area contributed by atoms with E-state index in [9.17, 15) is 4.79 Å². The number of nitrogens with zero attached hydrogens (tertiary/aromatic N) is 2. The van der Waals surface area contributed by atoms with Crippen molar-refractivity contribution in [2.75, 3.05) is 46.9 Å². The second-order valence-corrected chi connectivity index (χ2v) is 6.77. The van der Waals surface area contributed by atoms with Gasteiger partial charge in [0.15, 0.2) is 0 Å². The van der Waals surface area contributed by atoms with Crippen LogP contribution in [-0.4, -0.2) is 68.7 Å². The van der Waals surface area contributed by atoms with Crippen molar-refractivity contribution < 1.29 is 9.53 Å². The number of hydrogen-bond donors (Lipinski definition) is 1. The van der Waals surface area contributed by atoms with Crippen molar-refractivity contribution >= 4 is 17.5 Å². The summed E-state index contributed by atoms with van der Waals surface area (Å²) in [5.41, 5.74) is 1.05. The summed E-state index contributed by atoms with van der Waals surface area (Å²) in [7, 11) is 4.06. The molecule has 0 radical (unpaired) electrons. The summed E-state index contributed by atoms with van der Waals surface area (Å²) in [5, 5.41) is 3.75. The van der Waals surface area contributed by atoms with Gasteiger partial charge in [-0.25, -0.2) is 0 Å². The van der Waals surface area contributed by atoms with E-state index in [0.29, 0.717) is 18.2 Å². The van der Waals surface area contributed by atoms with Gasteiger partial charge in [0, 0.05) is 24.7 Å². The van der Waals surface area contributed by atoms with Crippen molar-refractivity contribution in [3.63, 3.8) is 0 Å². The highest BCUT2D eigenvalue weighted by Gasteiger charge is 2.23.